The van der Waals surface area contributed by atoms with Crippen molar-refractivity contribution in [2.75, 3.05) is 0 Å². The summed E-state index contributed by atoms with van der Waals surface area (Å²) in [6.07, 6.45) is 1.76. The first-order valence-electron chi connectivity index (χ1n) is 5.12. The van der Waals surface area contributed by atoms with Gasteiger partial charge in [-0.2, -0.15) is 0 Å². The third-order valence-electron chi connectivity index (χ3n) is 2.45. The van der Waals surface area contributed by atoms with E-state index in [1.165, 1.54) is 0 Å². The van der Waals surface area contributed by atoms with Gasteiger partial charge in [-0.1, -0.05) is 24.3 Å². The zero-order chi connectivity index (χ0) is 10.8. The van der Waals surface area contributed by atoms with Gasteiger partial charge in [0.25, 0.3) is 0 Å². The molecule has 75 valence electrons. The number of hydrogen-bond acceptors (Lipinski definition) is 2. The normalized spacial score (nSPS) is 10.5. The van der Waals surface area contributed by atoms with Crippen LogP contribution in [0.4, 0.5) is 0 Å². The van der Waals surface area contributed by atoms with Crippen molar-refractivity contribution >= 4 is 11.0 Å². The molecule has 0 unspecified atom stereocenters. The topological polar surface area (TPSA) is 25.8 Å². The predicted octanol–water partition coefficient (Wildman–Crippen LogP) is 3.10. The first kappa shape index (κ1) is 9.04. The van der Waals surface area contributed by atoms with Crippen LogP contribution >= 0.6 is 0 Å². The fourth-order valence-corrected chi connectivity index (χ4v) is 1.66. The maximum absolute atomic E-state index is 4.50. The molecule has 1 aromatic carbocycles. The molecule has 0 aliphatic rings. The smallest absolute Gasteiger partial charge is 0.159 e. The Labute approximate surface area is 93.6 Å². The average molecular weight is 205 g/mol. The van der Waals surface area contributed by atoms with E-state index >= 15 is 0 Å². The fourth-order valence-electron chi connectivity index (χ4n) is 1.66. The van der Waals surface area contributed by atoms with Crippen molar-refractivity contribution in [3.63, 3.8) is 0 Å². The van der Waals surface area contributed by atoms with E-state index in [9.17, 15) is 0 Å². The number of pyridine rings is 2. The summed E-state index contributed by atoms with van der Waals surface area (Å²) in [7, 11) is 0. The molecule has 0 aliphatic heterocycles. The molecule has 0 fully saturated rings. The largest absolute Gasteiger partial charge is 0.237 e. The maximum atomic E-state index is 4.50. The van der Waals surface area contributed by atoms with E-state index in [1.54, 1.807) is 6.20 Å². The minimum atomic E-state index is 0.775. The lowest BCUT2D eigenvalue weighted by Gasteiger charge is -2.01. The molecule has 3 aromatic rings. The molecule has 1 radical (unpaired) electrons. The van der Waals surface area contributed by atoms with Crippen molar-refractivity contribution in [1.29, 1.82) is 0 Å². The number of nitrogens with zero attached hydrogens (tertiary/aromatic N) is 2. The van der Waals surface area contributed by atoms with Crippen molar-refractivity contribution in [3.8, 4) is 11.3 Å². The summed E-state index contributed by atoms with van der Waals surface area (Å²) in [6, 6.07) is 18.9. The number of hydrogen-bond donors (Lipinski definition) is 0. The molecule has 0 N–H and O–H groups in total. The van der Waals surface area contributed by atoms with Crippen LogP contribution in [-0.4, -0.2) is 9.97 Å². The Kier molecular flexibility index (Phi) is 2.11. The monoisotopic (exact) mass is 205 g/mol. The van der Waals surface area contributed by atoms with Crippen molar-refractivity contribution in [2.45, 2.75) is 0 Å². The van der Waals surface area contributed by atoms with Gasteiger partial charge in [0.15, 0.2) is 5.65 Å². The summed E-state index contributed by atoms with van der Waals surface area (Å²) in [5, 5.41) is 1.06. The van der Waals surface area contributed by atoms with Gasteiger partial charge < -0.3 is 0 Å². The highest BCUT2D eigenvalue weighted by Crippen LogP contribution is 2.18. The van der Waals surface area contributed by atoms with Crippen LogP contribution in [0.2, 0.25) is 0 Å². The van der Waals surface area contributed by atoms with Gasteiger partial charge in [-0.3, -0.25) is 0 Å². The third kappa shape index (κ3) is 1.54. The Morgan fingerprint density at radius 1 is 0.938 bits per heavy atom. The first-order valence-corrected chi connectivity index (χ1v) is 5.12. The quantitative estimate of drug-likeness (QED) is 0.610. The van der Waals surface area contributed by atoms with Gasteiger partial charge in [-0.05, 0) is 30.3 Å². The summed E-state index contributed by atoms with van der Waals surface area (Å²) in [6.45, 7) is 0. The molecule has 0 bridgehead atoms. The molecule has 0 spiro atoms. The van der Waals surface area contributed by atoms with Gasteiger partial charge >= 0.3 is 0 Å². The van der Waals surface area contributed by atoms with Crippen molar-refractivity contribution in [3.05, 3.63) is 60.8 Å². The Morgan fingerprint density at radius 3 is 2.81 bits per heavy atom. The molecule has 2 nitrogen and oxygen atoms in total. The highest BCUT2D eigenvalue weighted by molar-refractivity contribution is 5.77. The van der Waals surface area contributed by atoms with E-state index in [-0.39, 0.29) is 0 Å². The van der Waals surface area contributed by atoms with Gasteiger partial charge in [0.05, 0.1) is 5.69 Å². The Morgan fingerprint density at radius 2 is 1.94 bits per heavy atom. The highest BCUT2D eigenvalue weighted by atomic mass is 14.8. The van der Waals surface area contributed by atoms with E-state index in [2.05, 4.69) is 16.0 Å². The zero-order valence-electron chi connectivity index (χ0n) is 8.59. The number of fused-ring (bicyclic) bond motifs is 1. The predicted molar refractivity (Wildman–Crippen MR) is 63.8 cm³/mol. The minimum Gasteiger partial charge on any atom is -0.237 e. The van der Waals surface area contributed by atoms with Gasteiger partial charge in [0, 0.05) is 17.1 Å². The van der Waals surface area contributed by atoms with E-state index in [0.717, 1.165) is 22.3 Å². The van der Waals surface area contributed by atoms with Gasteiger partial charge in [-0.15, -0.1) is 0 Å². The summed E-state index contributed by atoms with van der Waals surface area (Å²) in [5.41, 5.74) is 2.68. The molecule has 16 heavy (non-hydrogen) atoms. The van der Waals surface area contributed by atoms with Crippen LogP contribution in [0.1, 0.15) is 0 Å². The molecule has 0 saturated carbocycles. The van der Waals surface area contributed by atoms with Crippen LogP contribution in [-0.2, 0) is 0 Å². The third-order valence-corrected chi connectivity index (χ3v) is 2.45. The van der Waals surface area contributed by atoms with E-state index in [0.29, 0.717) is 0 Å². The zero-order valence-corrected chi connectivity index (χ0v) is 8.59. The van der Waals surface area contributed by atoms with Crippen LogP contribution in [0.25, 0.3) is 22.3 Å². The maximum Gasteiger partial charge on any atom is 0.159 e. The lowest BCUT2D eigenvalue weighted by atomic mass is 10.1. The molecule has 3 rings (SSSR count). The second kappa shape index (κ2) is 3.74. The minimum absolute atomic E-state index is 0.775. The van der Waals surface area contributed by atoms with Crippen molar-refractivity contribution < 1.29 is 0 Å². The Balaban J connectivity index is 2.19. The molecule has 0 atom stereocenters. The molecule has 0 aliphatic carbocycles. The molecule has 2 aromatic heterocycles. The molecule has 0 saturated heterocycles. The standard InChI is InChI=1S/C14H9N2/c1-2-5-11(6-3-1)13-9-8-12-7-4-10-15-14(12)16-13/h1-5,7-10H. The lowest BCUT2D eigenvalue weighted by Crippen LogP contribution is -1.87. The molecular formula is C14H9N2. The van der Waals surface area contributed by atoms with Gasteiger partial charge in [-0.25, -0.2) is 9.97 Å². The Hall–Kier alpha value is -2.22. The van der Waals surface area contributed by atoms with Crippen LogP contribution in [0.5, 0.6) is 0 Å². The van der Waals surface area contributed by atoms with Gasteiger partial charge in [0.2, 0.25) is 0 Å². The molecule has 2 heterocycles. The van der Waals surface area contributed by atoms with Crippen LogP contribution in [0.15, 0.2) is 54.7 Å². The van der Waals surface area contributed by atoms with E-state index in [1.807, 2.05) is 48.5 Å². The second-order valence-electron chi connectivity index (χ2n) is 3.52. The summed E-state index contributed by atoms with van der Waals surface area (Å²) >= 11 is 0. The van der Waals surface area contributed by atoms with E-state index < -0.39 is 0 Å². The second-order valence-corrected chi connectivity index (χ2v) is 3.52. The summed E-state index contributed by atoms with van der Waals surface area (Å²) in [5.74, 6) is 0. The SMILES string of the molecule is [c]1ccccc1-c1ccc2cccnc2n1. The number of aromatic nitrogens is 2. The lowest BCUT2D eigenvalue weighted by molar-refractivity contribution is 1.29. The Bertz CT molecular complexity index is 618. The van der Waals surface area contributed by atoms with E-state index in [4.69, 9.17) is 0 Å². The molecule has 0 amide bonds. The number of benzene rings is 1. The van der Waals surface area contributed by atoms with Crippen LogP contribution in [0.3, 0.4) is 0 Å². The average Bonchev–Trinajstić information content (AvgIpc) is 2.39. The van der Waals surface area contributed by atoms with Gasteiger partial charge in [0.1, 0.15) is 0 Å². The van der Waals surface area contributed by atoms with Crippen molar-refractivity contribution in [1.82, 2.24) is 9.97 Å². The first-order chi connectivity index (χ1) is 7.93. The highest BCUT2D eigenvalue weighted by Gasteiger charge is 2.00. The molecular weight excluding hydrogens is 196 g/mol. The molecule has 2 heteroatoms. The summed E-state index contributed by atoms with van der Waals surface area (Å²) in [4.78, 5) is 8.75. The van der Waals surface area contributed by atoms with Crippen LogP contribution < -0.4 is 0 Å². The van der Waals surface area contributed by atoms with Crippen molar-refractivity contribution in [2.24, 2.45) is 0 Å². The summed E-state index contributed by atoms with van der Waals surface area (Å²) < 4.78 is 0. The fraction of sp³-hybridized carbons (Fsp3) is 0. The van der Waals surface area contributed by atoms with Crippen LogP contribution in [0, 0.1) is 6.07 Å². The number of rotatable bonds is 1.